The third-order valence-electron chi connectivity index (χ3n) is 1.80. The number of methoxy groups -OCH3 is 1. The highest BCUT2D eigenvalue weighted by atomic mass is 16.5. The maximum Gasteiger partial charge on any atom is 0.345 e. The van der Waals surface area contributed by atoms with Gasteiger partial charge in [0.2, 0.25) is 0 Å². The summed E-state index contributed by atoms with van der Waals surface area (Å²) in [6.45, 7) is 0. The van der Waals surface area contributed by atoms with Gasteiger partial charge in [0.25, 0.3) is 0 Å². The molecule has 1 aromatic rings. The van der Waals surface area contributed by atoms with E-state index in [-0.39, 0.29) is 6.29 Å². The number of hydrogen-bond acceptors (Lipinski definition) is 6. The van der Waals surface area contributed by atoms with Crippen LogP contribution in [0.4, 0.5) is 0 Å². The highest BCUT2D eigenvalue weighted by Crippen LogP contribution is 2.36. The monoisotopic (exact) mass is 212 g/mol. The molecule has 0 aliphatic rings. The van der Waals surface area contributed by atoms with Crippen molar-refractivity contribution >= 4 is 12.3 Å². The van der Waals surface area contributed by atoms with Crippen LogP contribution in [-0.4, -0.2) is 34.7 Å². The number of rotatable bonds is 2. The number of esters is 1. The Labute approximate surface area is 84.3 Å². The van der Waals surface area contributed by atoms with Crippen molar-refractivity contribution in [2.45, 2.75) is 0 Å². The third kappa shape index (κ3) is 1.69. The topological polar surface area (TPSA) is 104 Å². The van der Waals surface area contributed by atoms with Gasteiger partial charge in [-0.2, -0.15) is 0 Å². The Kier molecular flexibility index (Phi) is 2.80. The van der Waals surface area contributed by atoms with Crippen LogP contribution in [0.25, 0.3) is 0 Å². The van der Waals surface area contributed by atoms with Crippen molar-refractivity contribution in [3.8, 4) is 17.2 Å². The van der Waals surface area contributed by atoms with Gasteiger partial charge in [-0.05, 0) is 0 Å². The smallest absolute Gasteiger partial charge is 0.345 e. The summed E-state index contributed by atoms with van der Waals surface area (Å²) >= 11 is 0. The Balaban J connectivity index is 3.52. The first-order valence-corrected chi connectivity index (χ1v) is 3.84. The van der Waals surface area contributed by atoms with Crippen LogP contribution in [0.3, 0.4) is 0 Å². The zero-order valence-corrected chi connectivity index (χ0v) is 7.72. The summed E-state index contributed by atoms with van der Waals surface area (Å²) in [5.74, 6) is -3.10. The van der Waals surface area contributed by atoms with Gasteiger partial charge in [0.15, 0.2) is 6.29 Å². The lowest BCUT2D eigenvalue weighted by Crippen LogP contribution is -2.03. The Hall–Kier alpha value is -2.24. The average molecular weight is 212 g/mol. The summed E-state index contributed by atoms with van der Waals surface area (Å²) in [5, 5.41) is 27.8. The fraction of sp³-hybridized carbons (Fsp3) is 0.111. The Bertz CT molecular complexity index is 423. The molecule has 6 heteroatoms. The largest absolute Gasteiger partial charge is 0.507 e. The molecule has 0 aliphatic heterocycles. The van der Waals surface area contributed by atoms with Crippen LogP contribution in [0.5, 0.6) is 17.2 Å². The molecule has 15 heavy (non-hydrogen) atoms. The van der Waals surface area contributed by atoms with Crippen molar-refractivity contribution in [2.75, 3.05) is 7.11 Å². The molecule has 0 bridgehead atoms. The number of benzene rings is 1. The van der Waals surface area contributed by atoms with E-state index in [4.69, 9.17) is 5.11 Å². The fourth-order valence-corrected chi connectivity index (χ4v) is 1.08. The Morgan fingerprint density at radius 3 is 2.40 bits per heavy atom. The van der Waals surface area contributed by atoms with Crippen LogP contribution in [0, 0.1) is 0 Å². The van der Waals surface area contributed by atoms with Gasteiger partial charge in [-0.3, -0.25) is 4.79 Å². The number of aromatic hydroxyl groups is 3. The van der Waals surface area contributed by atoms with E-state index in [1.165, 1.54) is 0 Å². The molecule has 0 heterocycles. The van der Waals surface area contributed by atoms with E-state index in [0.717, 1.165) is 13.2 Å². The minimum atomic E-state index is -1.01. The molecular weight excluding hydrogens is 204 g/mol. The summed E-state index contributed by atoms with van der Waals surface area (Å²) in [7, 11) is 1.05. The van der Waals surface area contributed by atoms with E-state index in [2.05, 4.69) is 4.74 Å². The molecule has 0 saturated carbocycles. The summed E-state index contributed by atoms with van der Waals surface area (Å²) in [4.78, 5) is 21.6. The lowest BCUT2D eigenvalue weighted by atomic mass is 10.1. The van der Waals surface area contributed by atoms with E-state index in [1.54, 1.807) is 0 Å². The van der Waals surface area contributed by atoms with Crippen LogP contribution in [0.15, 0.2) is 6.07 Å². The van der Waals surface area contributed by atoms with Crippen molar-refractivity contribution in [1.29, 1.82) is 0 Å². The van der Waals surface area contributed by atoms with Gasteiger partial charge in [-0.1, -0.05) is 0 Å². The molecule has 0 aromatic heterocycles. The first-order chi connectivity index (χ1) is 7.02. The van der Waals surface area contributed by atoms with Crippen LogP contribution in [0.1, 0.15) is 20.7 Å². The number of ether oxygens (including phenoxy) is 1. The maximum absolute atomic E-state index is 11.1. The normalized spacial score (nSPS) is 9.67. The van der Waals surface area contributed by atoms with Gasteiger partial charge in [0.1, 0.15) is 22.8 Å². The first kappa shape index (κ1) is 10.8. The average Bonchev–Trinajstić information content (AvgIpc) is 2.17. The molecule has 0 aliphatic carbocycles. The molecule has 0 atom stereocenters. The van der Waals surface area contributed by atoms with E-state index in [0.29, 0.717) is 0 Å². The predicted molar refractivity (Wildman–Crippen MR) is 48.2 cm³/mol. The predicted octanol–water partition coefficient (Wildman–Crippen LogP) is 0.402. The van der Waals surface area contributed by atoms with Crippen LogP contribution in [-0.2, 0) is 4.74 Å². The number of carbonyl (C=O) groups is 2. The number of phenolic OH excluding ortho intramolecular Hbond substituents is 3. The van der Waals surface area contributed by atoms with E-state index >= 15 is 0 Å². The van der Waals surface area contributed by atoms with Gasteiger partial charge in [-0.25, -0.2) is 4.79 Å². The highest BCUT2D eigenvalue weighted by Gasteiger charge is 2.22. The fourth-order valence-electron chi connectivity index (χ4n) is 1.08. The van der Waals surface area contributed by atoms with Crippen molar-refractivity contribution < 1.29 is 29.6 Å². The van der Waals surface area contributed by atoms with Gasteiger partial charge in [0.05, 0.1) is 12.7 Å². The minimum Gasteiger partial charge on any atom is -0.507 e. The van der Waals surface area contributed by atoms with Crippen molar-refractivity contribution in [3.63, 3.8) is 0 Å². The molecule has 0 spiro atoms. The molecule has 0 saturated heterocycles. The molecule has 0 fully saturated rings. The number of aldehydes is 1. The van der Waals surface area contributed by atoms with Crippen LogP contribution < -0.4 is 0 Å². The van der Waals surface area contributed by atoms with E-state index in [9.17, 15) is 19.8 Å². The first-order valence-electron chi connectivity index (χ1n) is 3.84. The molecule has 3 N–H and O–H groups in total. The molecule has 1 aromatic carbocycles. The van der Waals surface area contributed by atoms with Crippen molar-refractivity contribution in [2.24, 2.45) is 0 Å². The standard InChI is InChI=1S/C9H8O6/c1-15-9(14)7-6(12)2-5(11)4(3-10)8(7)13/h2-3,11-13H,1H3. The number of carbonyl (C=O) groups excluding carboxylic acids is 2. The lowest BCUT2D eigenvalue weighted by Gasteiger charge is -2.08. The van der Waals surface area contributed by atoms with Crippen molar-refractivity contribution in [3.05, 3.63) is 17.2 Å². The second-order valence-corrected chi connectivity index (χ2v) is 2.66. The van der Waals surface area contributed by atoms with Crippen LogP contribution in [0.2, 0.25) is 0 Å². The SMILES string of the molecule is COC(=O)c1c(O)cc(O)c(C=O)c1O. The van der Waals surface area contributed by atoms with Gasteiger partial charge >= 0.3 is 5.97 Å². The van der Waals surface area contributed by atoms with Gasteiger partial charge in [-0.15, -0.1) is 0 Å². The molecular formula is C9H8O6. The molecule has 0 radical (unpaired) electrons. The number of phenols is 3. The number of hydrogen-bond donors (Lipinski definition) is 3. The molecule has 6 nitrogen and oxygen atoms in total. The summed E-state index contributed by atoms with van der Waals surface area (Å²) in [6, 6.07) is 0.774. The zero-order valence-electron chi connectivity index (χ0n) is 7.72. The summed E-state index contributed by atoms with van der Waals surface area (Å²) in [5.41, 5.74) is -1.04. The van der Waals surface area contributed by atoms with Gasteiger partial charge < -0.3 is 20.1 Å². The summed E-state index contributed by atoms with van der Waals surface area (Å²) in [6.07, 6.45) is 0.163. The Morgan fingerprint density at radius 2 is 1.93 bits per heavy atom. The maximum atomic E-state index is 11.1. The molecule has 0 unspecified atom stereocenters. The highest BCUT2D eigenvalue weighted by molar-refractivity contribution is 6.00. The second kappa shape index (κ2) is 3.87. The Morgan fingerprint density at radius 1 is 1.33 bits per heavy atom. The zero-order chi connectivity index (χ0) is 11.6. The van der Waals surface area contributed by atoms with Gasteiger partial charge in [0, 0.05) is 6.07 Å². The second-order valence-electron chi connectivity index (χ2n) is 2.66. The third-order valence-corrected chi connectivity index (χ3v) is 1.80. The summed E-state index contributed by atoms with van der Waals surface area (Å²) < 4.78 is 4.28. The molecule has 80 valence electrons. The quantitative estimate of drug-likeness (QED) is 0.484. The lowest BCUT2D eigenvalue weighted by molar-refractivity contribution is 0.0594. The minimum absolute atomic E-state index is 0.163. The van der Waals surface area contributed by atoms with Crippen LogP contribution >= 0.6 is 0 Å². The molecule has 1 rings (SSSR count). The van der Waals surface area contributed by atoms with Crippen molar-refractivity contribution in [1.82, 2.24) is 0 Å². The molecule has 0 amide bonds. The van der Waals surface area contributed by atoms with E-state index < -0.39 is 34.3 Å². The van der Waals surface area contributed by atoms with E-state index in [1.807, 2.05) is 0 Å².